The number of esters is 1. The third-order valence-electron chi connectivity index (χ3n) is 5.33. The van der Waals surface area contributed by atoms with Crippen molar-refractivity contribution in [2.45, 2.75) is 64.0 Å². The van der Waals surface area contributed by atoms with Gasteiger partial charge in [0.05, 0.1) is 11.8 Å². The van der Waals surface area contributed by atoms with E-state index in [4.69, 9.17) is 4.74 Å². The van der Waals surface area contributed by atoms with Crippen LogP contribution in [-0.4, -0.2) is 49.5 Å². The molecule has 1 aliphatic carbocycles. The Kier molecular flexibility index (Phi) is 6.61. The first-order valence-corrected chi connectivity index (χ1v) is 12.4. The monoisotopic (exact) mass is 439 g/mol. The summed E-state index contributed by atoms with van der Waals surface area (Å²) in [6.07, 6.45) is 5.85. The Morgan fingerprint density at radius 3 is 2.69 bits per heavy atom. The minimum Gasteiger partial charge on any atom is -0.451 e. The number of ether oxygens (including phenoxy) is 1. The lowest BCUT2D eigenvalue weighted by atomic mass is 10.1. The smallest absolute Gasteiger partial charge is 0.325 e. The number of aryl methyl sites for hydroxylation is 1. The highest BCUT2D eigenvalue weighted by molar-refractivity contribution is 7.88. The largest absolute Gasteiger partial charge is 0.451 e. The van der Waals surface area contributed by atoms with Gasteiger partial charge in [-0.15, -0.1) is 11.3 Å². The van der Waals surface area contributed by atoms with Crippen molar-refractivity contribution >= 4 is 38.2 Å². The number of carbonyl (C=O) groups is 2. The molecule has 2 unspecified atom stereocenters. The molecule has 3 rings (SSSR count). The number of thiophene rings is 1. The molecule has 1 aromatic heterocycles. The number of hydrogen-bond acceptors (Lipinski definition) is 7. The van der Waals surface area contributed by atoms with E-state index in [2.05, 4.69) is 11.4 Å². The van der Waals surface area contributed by atoms with E-state index in [1.54, 1.807) is 0 Å². The summed E-state index contributed by atoms with van der Waals surface area (Å²) in [5.41, 5.74) is 1.52. The van der Waals surface area contributed by atoms with E-state index in [1.807, 2.05) is 0 Å². The first-order valence-electron chi connectivity index (χ1n) is 9.75. The number of nitrogens with one attached hydrogen (secondary N) is 1. The van der Waals surface area contributed by atoms with Crippen LogP contribution in [0.5, 0.6) is 0 Å². The molecule has 1 amide bonds. The second kappa shape index (κ2) is 8.81. The van der Waals surface area contributed by atoms with Gasteiger partial charge in [0.2, 0.25) is 10.0 Å². The van der Waals surface area contributed by atoms with Crippen molar-refractivity contribution in [1.82, 2.24) is 4.31 Å². The predicted molar refractivity (Wildman–Crippen MR) is 109 cm³/mol. The highest BCUT2D eigenvalue weighted by Crippen LogP contribution is 2.37. The maximum atomic E-state index is 12.6. The highest BCUT2D eigenvalue weighted by Gasteiger charge is 2.38. The van der Waals surface area contributed by atoms with Crippen LogP contribution in [0.25, 0.3) is 0 Å². The van der Waals surface area contributed by atoms with Crippen molar-refractivity contribution in [3.05, 3.63) is 16.0 Å². The van der Waals surface area contributed by atoms with Crippen LogP contribution in [0.1, 0.15) is 55.0 Å². The maximum Gasteiger partial charge on any atom is 0.325 e. The quantitative estimate of drug-likeness (QED) is 0.555. The average molecular weight is 440 g/mol. The number of hydrogen-bond donors (Lipinski definition) is 1. The Labute approximate surface area is 174 Å². The fraction of sp³-hybridized carbons (Fsp3) is 0.632. The van der Waals surface area contributed by atoms with Gasteiger partial charge in [0.15, 0.2) is 6.10 Å². The molecule has 0 saturated carbocycles. The zero-order valence-electron chi connectivity index (χ0n) is 16.6. The molecule has 1 saturated heterocycles. The fourth-order valence-corrected chi connectivity index (χ4v) is 6.20. The third kappa shape index (κ3) is 4.79. The molecule has 1 fully saturated rings. The summed E-state index contributed by atoms with van der Waals surface area (Å²) in [7, 11) is -3.52. The average Bonchev–Trinajstić information content (AvgIpc) is 3.20. The molecule has 0 aromatic carbocycles. The molecule has 2 aliphatic rings. The Balaban J connectivity index is 1.67. The van der Waals surface area contributed by atoms with Crippen molar-refractivity contribution in [3.63, 3.8) is 0 Å². The zero-order chi connectivity index (χ0) is 21.2. The van der Waals surface area contributed by atoms with Gasteiger partial charge in [-0.1, -0.05) is 6.42 Å². The normalized spacial score (nSPS) is 20.9. The summed E-state index contributed by atoms with van der Waals surface area (Å²) >= 11 is 1.41. The van der Waals surface area contributed by atoms with Gasteiger partial charge >= 0.3 is 5.97 Å². The van der Waals surface area contributed by atoms with Crippen LogP contribution in [0.15, 0.2) is 0 Å². The summed E-state index contributed by atoms with van der Waals surface area (Å²) in [6.45, 7) is 1.71. The van der Waals surface area contributed by atoms with Crippen LogP contribution >= 0.6 is 11.3 Å². The molecule has 1 N–H and O–H groups in total. The van der Waals surface area contributed by atoms with Crippen molar-refractivity contribution in [2.24, 2.45) is 0 Å². The Morgan fingerprint density at radius 2 is 2.00 bits per heavy atom. The molecular weight excluding hydrogens is 414 g/mol. The second-order valence-electron chi connectivity index (χ2n) is 7.48. The third-order valence-corrected chi connectivity index (χ3v) is 7.83. The topological polar surface area (TPSA) is 117 Å². The maximum absolute atomic E-state index is 12.6. The van der Waals surface area contributed by atoms with Gasteiger partial charge < -0.3 is 10.1 Å². The van der Waals surface area contributed by atoms with E-state index in [9.17, 15) is 23.3 Å². The molecule has 2 atom stereocenters. The zero-order valence-corrected chi connectivity index (χ0v) is 18.2. The van der Waals surface area contributed by atoms with Gasteiger partial charge in [-0.3, -0.25) is 9.59 Å². The molecule has 0 bridgehead atoms. The van der Waals surface area contributed by atoms with Crippen molar-refractivity contribution in [3.8, 4) is 6.07 Å². The standard InChI is InChI=1S/C19H25N3O5S2/c1-12(27-19(24)15-8-6-10-22(15)29(2,25)26)17(23)21-18-14(11-20)13-7-4-3-5-9-16(13)28-18/h12,15H,3-10H2,1-2H3,(H,21,23). The number of anilines is 1. The Hall–Kier alpha value is -1.96. The SMILES string of the molecule is CC(OC(=O)C1CCCN1S(C)(=O)=O)C(=O)Nc1sc2c(c1C#N)CCCCC2. The predicted octanol–water partition coefficient (Wildman–Crippen LogP) is 2.18. The van der Waals surface area contributed by atoms with E-state index in [-0.39, 0.29) is 6.54 Å². The molecule has 1 aliphatic heterocycles. The molecule has 8 nitrogen and oxygen atoms in total. The summed E-state index contributed by atoms with van der Waals surface area (Å²) < 4.78 is 30.0. The summed E-state index contributed by atoms with van der Waals surface area (Å²) in [6, 6.07) is 1.30. The molecule has 158 valence electrons. The van der Waals surface area contributed by atoms with Crippen molar-refractivity contribution in [2.75, 3.05) is 18.1 Å². The minimum atomic E-state index is -3.52. The fourth-order valence-electron chi connectivity index (χ4n) is 3.84. The second-order valence-corrected chi connectivity index (χ2v) is 10.5. The van der Waals surface area contributed by atoms with Crippen LogP contribution in [0.2, 0.25) is 0 Å². The number of fused-ring (bicyclic) bond motifs is 1. The molecule has 29 heavy (non-hydrogen) atoms. The molecule has 0 spiro atoms. The van der Waals surface area contributed by atoms with Gasteiger partial charge in [0, 0.05) is 11.4 Å². The Bertz CT molecular complexity index is 948. The van der Waals surface area contributed by atoms with Crippen LogP contribution in [0.3, 0.4) is 0 Å². The van der Waals surface area contributed by atoms with Crippen LogP contribution in [0.4, 0.5) is 5.00 Å². The van der Waals surface area contributed by atoms with E-state index < -0.39 is 34.0 Å². The number of carbonyl (C=O) groups excluding carboxylic acids is 2. The number of nitrogens with zero attached hydrogens (tertiary/aromatic N) is 2. The first-order chi connectivity index (χ1) is 13.7. The van der Waals surface area contributed by atoms with E-state index in [0.29, 0.717) is 23.4 Å². The lowest BCUT2D eigenvalue weighted by Gasteiger charge is -2.22. The van der Waals surface area contributed by atoms with Crippen molar-refractivity contribution < 1.29 is 22.7 Å². The summed E-state index contributed by atoms with van der Waals surface area (Å²) in [5, 5.41) is 12.8. The Morgan fingerprint density at radius 1 is 1.28 bits per heavy atom. The number of amides is 1. The van der Waals surface area contributed by atoms with E-state index in [1.165, 1.54) is 18.3 Å². The van der Waals surface area contributed by atoms with Gasteiger partial charge in [-0.2, -0.15) is 9.57 Å². The van der Waals surface area contributed by atoms with Crippen LogP contribution < -0.4 is 5.32 Å². The highest BCUT2D eigenvalue weighted by atomic mass is 32.2. The molecule has 0 radical (unpaired) electrons. The van der Waals surface area contributed by atoms with Crippen molar-refractivity contribution in [1.29, 1.82) is 5.26 Å². The summed E-state index contributed by atoms with van der Waals surface area (Å²) in [4.78, 5) is 26.1. The van der Waals surface area contributed by atoms with Gasteiger partial charge in [0.1, 0.15) is 17.1 Å². The number of rotatable bonds is 5. The molecular formula is C19H25N3O5S2. The van der Waals surface area contributed by atoms with Gasteiger partial charge in [-0.05, 0) is 51.0 Å². The number of nitriles is 1. The molecule has 1 aromatic rings. The lowest BCUT2D eigenvalue weighted by Crippen LogP contribution is -2.43. The van der Waals surface area contributed by atoms with E-state index >= 15 is 0 Å². The van der Waals surface area contributed by atoms with Gasteiger partial charge in [0.25, 0.3) is 5.91 Å². The lowest BCUT2D eigenvalue weighted by molar-refractivity contribution is -0.156. The van der Waals surface area contributed by atoms with Gasteiger partial charge in [-0.25, -0.2) is 8.42 Å². The van der Waals surface area contributed by atoms with E-state index in [0.717, 1.165) is 53.1 Å². The minimum absolute atomic E-state index is 0.269. The van der Waals surface area contributed by atoms with Crippen LogP contribution in [-0.2, 0) is 37.2 Å². The number of sulfonamides is 1. The van der Waals surface area contributed by atoms with Crippen LogP contribution in [0, 0.1) is 11.3 Å². The molecule has 2 heterocycles. The first kappa shape index (κ1) is 21.7. The summed E-state index contributed by atoms with van der Waals surface area (Å²) in [5.74, 6) is -1.26. The molecule has 10 heteroatoms.